The van der Waals surface area contributed by atoms with Crippen molar-refractivity contribution in [1.29, 1.82) is 0 Å². The van der Waals surface area contributed by atoms with E-state index in [1.807, 2.05) is 0 Å². The van der Waals surface area contributed by atoms with E-state index in [9.17, 15) is 4.79 Å². The normalized spacial score (nSPS) is 31.4. The standard InChI is InChI=1S/C12H22N2O2/c1-2-11-9(5-6-16-11)12(15)14-7-10(13)8-3-4-8/h8-11H,2-7,13H2,1H3,(H,14,15). The van der Waals surface area contributed by atoms with Crippen LogP contribution in [0.5, 0.6) is 0 Å². The maximum Gasteiger partial charge on any atom is 0.225 e. The molecule has 2 fully saturated rings. The summed E-state index contributed by atoms with van der Waals surface area (Å²) < 4.78 is 5.51. The monoisotopic (exact) mass is 226 g/mol. The molecule has 0 radical (unpaired) electrons. The molecule has 1 saturated carbocycles. The van der Waals surface area contributed by atoms with Crippen LogP contribution < -0.4 is 11.1 Å². The number of amides is 1. The number of carbonyl (C=O) groups is 1. The highest BCUT2D eigenvalue weighted by Crippen LogP contribution is 2.31. The van der Waals surface area contributed by atoms with Gasteiger partial charge in [-0.2, -0.15) is 0 Å². The van der Waals surface area contributed by atoms with Gasteiger partial charge in [-0.1, -0.05) is 6.92 Å². The zero-order valence-corrected chi connectivity index (χ0v) is 9.95. The molecule has 1 heterocycles. The van der Waals surface area contributed by atoms with Crippen molar-refractivity contribution in [3.05, 3.63) is 0 Å². The molecule has 2 aliphatic rings. The predicted octanol–water partition coefficient (Wildman–Crippen LogP) is 0.655. The molecular formula is C12H22N2O2. The number of rotatable bonds is 5. The second kappa shape index (κ2) is 5.15. The van der Waals surface area contributed by atoms with Crippen LogP contribution in [0.4, 0.5) is 0 Å². The van der Waals surface area contributed by atoms with Gasteiger partial charge in [0.1, 0.15) is 0 Å². The molecule has 1 aliphatic heterocycles. The first-order chi connectivity index (χ1) is 7.72. The molecule has 92 valence electrons. The second-order valence-electron chi connectivity index (χ2n) is 4.96. The van der Waals surface area contributed by atoms with Crippen molar-refractivity contribution < 1.29 is 9.53 Å². The Hall–Kier alpha value is -0.610. The highest BCUT2D eigenvalue weighted by atomic mass is 16.5. The van der Waals surface area contributed by atoms with Gasteiger partial charge in [0.05, 0.1) is 12.0 Å². The Morgan fingerprint density at radius 2 is 2.25 bits per heavy atom. The average Bonchev–Trinajstić information content (AvgIpc) is 3.03. The summed E-state index contributed by atoms with van der Waals surface area (Å²) in [5.41, 5.74) is 5.95. The Balaban J connectivity index is 1.73. The molecule has 0 bridgehead atoms. The van der Waals surface area contributed by atoms with Gasteiger partial charge in [-0.3, -0.25) is 4.79 Å². The summed E-state index contributed by atoms with van der Waals surface area (Å²) in [5.74, 6) is 0.805. The van der Waals surface area contributed by atoms with E-state index in [0.717, 1.165) is 12.8 Å². The quantitative estimate of drug-likeness (QED) is 0.723. The molecule has 1 saturated heterocycles. The van der Waals surface area contributed by atoms with Crippen LogP contribution in [-0.4, -0.2) is 31.2 Å². The summed E-state index contributed by atoms with van der Waals surface area (Å²) in [4.78, 5) is 11.9. The smallest absolute Gasteiger partial charge is 0.225 e. The zero-order valence-electron chi connectivity index (χ0n) is 9.95. The van der Waals surface area contributed by atoms with Gasteiger partial charge in [0.15, 0.2) is 0 Å². The van der Waals surface area contributed by atoms with Crippen molar-refractivity contribution in [3.63, 3.8) is 0 Å². The molecule has 4 heteroatoms. The van der Waals surface area contributed by atoms with E-state index in [1.54, 1.807) is 0 Å². The Morgan fingerprint density at radius 3 is 2.88 bits per heavy atom. The lowest BCUT2D eigenvalue weighted by Crippen LogP contribution is -2.42. The molecule has 0 aromatic rings. The third-order valence-electron chi connectivity index (χ3n) is 3.69. The molecule has 2 rings (SSSR count). The van der Waals surface area contributed by atoms with Crippen LogP contribution in [0.2, 0.25) is 0 Å². The first-order valence-electron chi connectivity index (χ1n) is 6.37. The van der Waals surface area contributed by atoms with E-state index in [4.69, 9.17) is 10.5 Å². The minimum absolute atomic E-state index is 0.0383. The number of carbonyl (C=O) groups excluding carboxylic acids is 1. The highest BCUT2D eigenvalue weighted by Gasteiger charge is 2.34. The molecule has 3 unspecified atom stereocenters. The number of nitrogens with one attached hydrogen (secondary N) is 1. The summed E-state index contributed by atoms with van der Waals surface area (Å²) in [5, 5.41) is 2.97. The lowest BCUT2D eigenvalue weighted by molar-refractivity contribution is -0.126. The molecular weight excluding hydrogens is 204 g/mol. The zero-order chi connectivity index (χ0) is 11.5. The van der Waals surface area contributed by atoms with Crippen molar-refractivity contribution in [2.75, 3.05) is 13.2 Å². The molecule has 1 aliphatic carbocycles. The number of nitrogens with two attached hydrogens (primary N) is 1. The third kappa shape index (κ3) is 2.74. The van der Waals surface area contributed by atoms with Crippen molar-refractivity contribution >= 4 is 5.91 Å². The van der Waals surface area contributed by atoms with E-state index < -0.39 is 0 Å². The van der Waals surface area contributed by atoms with Gasteiger partial charge in [-0.05, 0) is 31.6 Å². The van der Waals surface area contributed by atoms with Crippen molar-refractivity contribution in [2.24, 2.45) is 17.6 Å². The molecule has 0 aromatic heterocycles. The first kappa shape index (κ1) is 11.9. The van der Waals surface area contributed by atoms with Gasteiger partial charge >= 0.3 is 0 Å². The van der Waals surface area contributed by atoms with Crippen LogP contribution in [0.1, 0.15) is 32.6 Å². The fourth-order valence-corrected chi connectivity index (χ4v) is 2.39. The minimum Gasteiger partial charge on any atom is -0.377 e. The maximum atomic E-state index is 11.9. The third-order valence-corrected chi connectivity index (χ3v) is 3.69. The van der Waals surface area contributed by atoms with Gasteiger partial charge in [-0.15, -0.1) is 0 Å². The minimum atomic E-state index is 0.0383. The van der Waals surface area contributed by atoms with E-state index in [-0.39, 0.29) is 24.0 Å². The highest BCUT2D eigenvalue weighted by molar-refractivity contribution is 5.79. The molecule has 0 spiro atoms. The molecule has 1 amide bonds. The van der Waals surface area contributed by atoms with E-state index >= 15 is 0 Å². The van der Waals surface area contributed by atoms with Crippen LogP contribution in [0.15, 0.2) is 0 Å². The van der Waals surface area contributed by atoms with Crippen molar-refractivity contribution in [2.45, 2.75) is 44.8 Å². The lowest BCUT2D eigenvalue weighted by atomic mass is 9.98. The fraction of sp³-hybridized carbons (Fsp3) is 0.917. The molecule has 0 aromatic carbocycles. The Labute approximate surface area is 96.9 Å². The average molecular weight is 226 g/mol. The fourth-order valence-electron chi connectivity index (χ4n) is 2.39. The first-order valence-corrected chi connectivity index (χ1v) is 6.37. The second-order valence-corrected chi connectivity index (χ2v) is 4.96. The maximum absolute atomic E-state index is 11.9. The molecule has 3 atom stereocenters. The van der Waals surface area contributed by atoms with Crippen LogP contribution in [0, 0.1) is 11.8 Å². The number of hydrogen-bond acceptors (Lipinski definition) is 3. The topological polar surface area (TPSA) is 64.3 Å². The van der Waals surface area contributed by atoms with Gasteiger partial charge in [-0.25, -0.2) is 0 Å². The molecule has 16 heavy (non-hydrogen) atoms. The summed E-state index contributed by atoms with van der Waals surface area (Å²) in [6.07, 6.45) is 4.31. The van der Waals surface area contributed by atoms with E-state index in [1.165, 1.54) is 12.8 Å². The van der Waals surface area contributed by atoms with E-state index in [2.05, 4.69) is 12.2 Å². The summed E-state index contributed by atoms with van der Waals surface area (Å²) in [6, 6.07) is 0.145. The summed E-state index contributed by atoms with van der Waals surface area (Å²) in [7, 11) is 0. The summed E-state index contributed by atoms with van der Waals surface area (Å²) >= 11 is 0. The van der Waals surface area contributed by atoms with Gasteiger partial charge in [0.2, 0.25) is 5.91 Å². The predicted molar refractivity (Wildman–Crippen MR) is 61.8 cm³/mol. The van der Waals surface area contributed by atoms with Crippen molar-refractivity contribution in [3.8, 4) is 0 Å². The van der Waals surface area contributed by atoms with E-state index in [0.29, 0.717) is 19.1 Å². The SMILES string of the molecule is CCC1OCCC1C(=O)NCC(N)C1CC1. The largest absolute Gasteiger partial charge is 0.377 e. The molecule has 3 N–H and O–H groups in total. The number of hydrogen-bond donors (Lipinski definition) is 2. The van der Waals surface area contributed by atoms with Crippen LogP contribution in [-0.2, 0) is 9.53 Å². The van der Waals surface area contributed by atoms with Crippen molar-refractivity contribution in [1.82, 2.24) is 5.32 Å². The van der Waals surface area contributed by atoms with Gasteiger partial charge in [0.25, 0.3) is 0 Å². The van der Waals surface area contributed by atoms with Crippen LogP contribution in [0.3, 0.4) is 0 Å². The Kier molecular flexibility index (Phi) is 3.82. The lowest BCUT2D eigenvalue weighted by Gasteiger charge is -2.18. The summed E-state index contributed by atoms with van der Waals surface area (Å²) in [6.45, 7) is 3.40. The Bertz CT molecular complexity index is 253. The van der Waals surface area contributed by atoms with Gasteiger partial charge < -0.3 is 15.8 Å². The van der Waals surface area contributed by atoms with Crippen LogP contribution in [0.25, 0.3) is 0 Å². The van der Waals surface area contributed by atoms with Crippen LogP contribution >= 0.6 is 0 Å². The Morgan fingerprint density at radius 1 is 1.50 bits per heavy atom. The molecule has 4 nitrogen and oxygen atoms in total. The van der Waals surface area contributed by atoms with Gasteiger partial charge in [0, 0.05) is 19.2 Å². The number of ether oxygens (including phenoxy) is 1.